The fourth-order valence-corrected chi connectivity index (χ4v) is 3.53. The molecule has 0 unspecified atom stereocenters. The largest absolute Gasteiger partial charge is 0.468 e. The number of rotatable bonds is 6. The molecule has 1 fully saturated rings. The zero-order valence-electron chi connectivity index (χ0n) is 15.6. The van der Waals surface area contributed by atoms with Crippen molar-refractivity contribution in [2.75, 3.05) is 19.6 Å². The Kier molecular flexibility index (Phi) is 5.21. The maximum absolute atomic E-state index is 13.1. The van der Waals surface area contributed by atoms with E-state index < -0.39 is 0 Å². The standard InChI is InChI=1S/C20H22FN5O2/c1-14-23-19(24-26(14)16-8-6-15(21)7-9-16)20(27)22-13-17(18-5-4-12-28-18)25-10-2-3-11-25/h4-9,12,17H,2-3,10-11,13H2,1H3,(H,22,27)/t17-/m1/s1. The molecule has 3 aromatic rings. The summed E-state index contributed by atoms with van der Waals surface area (Å²) in [6.07, 6.45) is 3.94. The zero-order chi connectivity index (χ0) is 19.5. The molecule has 0 spiro atoms. The predicted molar refractivity (Wildman–Crippen MR) is 101 cm³/mol. The van der Waals surface area contributed by atoms with Crippen molar-refractivity contribution in [3.05, 3.63) is 65.9 Å². The second-order valence-electron chi connectivity index (χ2n) is 6.86. The maximum atomic E-state index is 13.1. The molecule has 2 aromatic heterocycles. The Balaban J connectivity index is 1.47. The van der Waals surface area contributed by atoms with E-state index in [1.807, 2.05) is 12.1 Å². The van der Waals surface area contributed by atoms with Crippen LogP contribution >= 0.6 is 0 Å². The van der Waals surface area contributed by atoms with Gasteiger partial charge in [0.2, 0.25) is 5.82 Å². The molecule has 1 aromatic carbocycles. The first-order valence-corrected chi connectivity index (χ1v) is 9.37. The van der Waals surface area contributed by atoms with E-state index in [-0.39, 0.29) is 23.6 Å². The number of amides is 1. The van der Waals surface area contributed by atoms with Crippen LogP contribution in [0.25, 0.3) is 5.69 Å². The van der Waals surface area contributed by atoms with Crippen molar-refractivity contribution in [3.8, 4) is 5.69 Å². The Bertz CT molecular complexity index is 930. The van der Waals surface area contributed by atoms with Gasteiger partial charge in [-0.25, -0.2) is 14.1 Å². The number of aryl methyl sites for hydroxylation is 1. The van der Waals surface area contributed by atoms with Crippen LogP contribution in [0.3, 0.4) is 0 Å². The predicted octanol–water partition coefficient (Wildman–Crippen LogP) is 2.87. The van der Waals surface area contributed by atoms with Crippen molar-refractivity contribution < 1.29 is 13.6 Å². The van der Waals surface area contributed by atoms with Gasteiger partial charge in [0.05, 0.1) is 18.0 Å². The van der Waals surface area contributed by atoms with Gasteiger partial charge >= 0.3 is 0 Å². The Hall–Kier alpha value is -3.00. The molecule has 0 bridgehead atoms. The second-order valence-corrected chi connectivity index (χ2v) is 6.86. The molecule has 1 N–H and O–H groups in total. The van der Waals surface area contributed by atoms with E-state index in [9.17, 15) is 9.18 Å². The molecule has 1 saturated heterocycles. The summed E-state index contributed by atoms with van der Waals surface area (Å²) in [5.74, 6) is 0.800. The minimum atomic E-state index is -0.347. The van der Waals surface area contributed by atoms with E-state index >= 15 is 0 Å². The second kappa shape index (κ2) is 7.93. The third-order valence-electron chi connectivity index (χ3n) is 4.95. The highest BCUT2D eigenvalue weighted by molar-refractivity contribution is 5.90. The van der Waals surface area contributed by atoms with E-state index in [2.05, 4.69) is 20.3 Å². The summed E-state index contributed by atoms with van der Waals surface area (Å²) in [6.45, 7) is 4.13. The van der Waals surface area contributed by atoms with Gasteiger partial charge in [-0.15, -0.1) is 5.10 Å². The summed E-state index contributed by atoms with van der Waals surface area (Å²) >= 11 is 0. The minimum absolute atomic E-state index is 0.0123. The number of halogens is 1. The molecule has 3 heterocycles. The molecule has 0 saturated carbocycles. The van der Waals surface area contributed by atoms with E-state index in [0.717, 1.165) is 31.7 Å². The van der Waals surface area contributed by atoms with Crippen LogP contribution < -0.4 is 5.32 Å². The number of benzene rings is 1. The lowest BCUT2D eigenvalue weighted by Crippen LogP contribution is -2.37. The molecule has 0 radical (unpaired) electrons. The number of carbonyl (C=O) groups is 1. The molecule has 7 nitrogen and oxygen atoms in total. The van der Waals surface area contributed by atoms with Crippen molar-refractivity contribution in [1.29, 1.82) is 0 Å². The monoisotopic (exact) mass is 383 g/mol. The van der Waals surface area contributed by atoms with Gasteiger partial charge in [0.25, 0.3) is 5.91 Å². The van der Waals surface area contributed by atoms with E-state index in [4.69, 9.17) is 4.42 Å². The smallest absolute Gasteiger partial charge is 0.291 e. The summed E-state index contributed by atoms with van der Waals surface area (Å²) in [6, 6.07) is 9.66. The lowest BCUT2D eigenvalue weighted by molar-refractivity contribution is 0.0923. The van der Waals surface area contributed by atoms with Crippen LogP contribution in [0.2, 0.25) is 0 Å². The third kappa shape index (κ3) is 3.82. The third-order valence-corrected chi connectivity index (χ3v) is 4.95. The highest BCUT2D eigenvalue weighted by Crippen LogP contribution is 2.25. The van der Waals surface area contributed by atoms with Gasteiger partial charge in [0.15, 0.2) is 0 Å². The molecule has 1 aliphatic heterocycles. The van der Waals surface area contributed by atoms with Crippen molar-refractivity contribution in [2.45, 2.75) is 25.8 Å². The Morgan fingerprint density at radius 3 is 2.68 bits per heavy atom. The molecule has 146 valence electrons. The lowest BCUT2D eigenvalue weighted by atomic mass is 10.2. The summed E-state index contributed by atoms with van der Waals surface area (Å²) in [5, 5.41) is 7.21. The van der Waals surface area contributed by atoms with Crippen LogP contribution in [-0.4, -0.2) is 45.2 Å². The molecular formula is C20H22FN5O2. The number of carbonyl (C=O) groups excluding carboxylic acids is 1. The average molecular weight is 383 g/mol. The summed E-state index contributed by atoms with van der Waals surface area (Å²) < 4.78 is 20.2. The highest BCUT2D eigenvalue weighted by atomic mass is 19.1. The van der Waals surface area contributed by atoms with E-state index in [1.54, 1.807) is 25.3 Å². The van der Waals surface area contributed by atoms with Gasteiger partial charge in [0, 0.05) is 6.54 Å². The SMILES string of the molecule is Cc1nc(C(=O)NC[C@H](c2ccco2)N2CCCC2)nn1-c1ccc(F)cc1. The van der Waals surface area contributed by atoms with Crippen molar-refractivity contribution in [1.82, 2.24) is 25.0 Å². The van der Waals surface area contributed by atoms with Crippen molar-refractivity contribution in [2.24, 2.45) is 0 Å². The topological polar surface area (TPSA) is 76.2 Å². The quantitative estimate of drug-likeness (QED) is 0.708. The van der Waals surface area contributed by atoms with Crippen LogP contribution in [-0.2, 0) is 0 Å². The van der Waals surface area contributed by atoms with Gasteiger partial charge < -0.3 is 9.73 Å². The van der Waals surface area contributed by atoms with E-state index in [1.165, 1.54) is 16.8 Å². The first-order valence-electron chi connectivity index (χ1n) is 9.37. The van der Waals surface area contributed by atoms with Gasteiger partial charge in [-0.3, -0.25) is 9.69 Å². The number of nitrogens with one attached hydrogen (secondary N) is 1. The Labute approximate surface area is 162 Å². The van der Waals surface area contributed by atoms with Crippen LogP contribution in [0.4, 0.5) is 4.39 Å². The Morgan fingerprint density at radius 1 is 1.25 bits per heavy atom. The first-order chi connectivity index (χ1) is 13.6. The first kappa shape index (κ1) is 18.4. The molecule has 1 atom stereocenters. The zero-order valence-corrected chi connectivity index (χ0v) is 15.6. The number of furan rings is 1. The molecule has 28 heavy (non-hydrogen) atoms. The van der Waals surface area contributed by atoms with Crippen molar-refractivity contribution in [3.63, 3.8) is 0 Å². The van der Waals surface area contributed by atoms with Gasteiger partial charge in [0.1, 0.15) is 17.4 Å². The fourth-order valence-electron chi connectivity index (χ4n) is 3.53. The average Bonchev–Trinajstić information content (AvgIpc) is 3.45. The number of likely N-dealkylation sites (tertiary alicyclic amines) is 1. The number of nitrogens with zero attached hydrogens (tertiary/aromatic N) is 4. The molecule has 1 amide bonds. The number of hydrogen-bond acceptors (Lipinski definition) is 5. The van der Waals surface area contributed by atoms with Crippen LogP contribution in [0, 0.1) is 12.7 Å². The fraction of sp³-hybridized carbons (Fsp3) is 0.350. The van der Waals surface area contributed by atoms with E-state index in [0.29, 0.717) is 18.1 Å². The summed E-state index contributed by atoms with van der Waals surface area (Å²) in [4.78, 5) is 19.2. The molecule has 1 aliphatic rings. The van der Waals surface area contributed by atoms with Crippen LogP contribution in [0.5, 0.6) is 0 Å². The van der Waals surface area contributed by atoms with Crippen molar-refractivity contribution >= 4 is 5.91 Å². The summed E-state index contributed by atoms with van der Waals surface area (Å²) in [7, 11) is 0. The van der Waals surface area contributed by atoms with Crippen LogP contribution in [0.15, 0.2) is 47.1 Å². The molecule has 4 rings (SSSR count). The minimum Gasteiger partial charge on any atom is -0.468 e. The maximum Gasteiger partial charge on any atom is 0.291 e. The molecular weight excluding hydrogens is 361 g/mol. The number of hydrogen-bond donors (Lipinski definition) is 1. The van der Waals surface area contributed by atoms with Gasteiger partial charge in [-0.1, -0.05) is 0 Å². The number of aromatic nitrogens is 3. The highest BCUT2D eigenvalue weighted by Gasteiger charge is 2.26. The molecule has 0 aliphatic carbocycles. The molecule has 8 heteroatoms. The van der Waals surface area contributed by atoms with Crippen LogP contribution in [0.1, 0.15) is 41.1 Å². The lowest BCUT2D eigenvalue weighted by Gasteiger charge is -2.25. The van der Waals surface area contributed by atoms with Gasteiger partial charge in [-0.05, 0) is 69.3 Å². The Morgan fingerprint density at radius 2 is 2.00 bits per heavy atom. The summed E-state index contributed by atoms with van der Waals surface area (Å²) in [5.41, 5.74) is 0.649. The van der Waals surface area contributed by atoms with Gasteiger partial charge in [-0.2, -0.15) is 0 Å². The normalized spacial score (nSPS) is 15.6.